The molecule has 0 saturated heterocycles. The van der Waals surface area contributed by atoms with Crippen molar-refractivity contribution in [3.63, 3.8) is 0 Å². The Bertz CT molecular complexity index is 273. The third kappa shape index (κ3) is 8.58. The van der Waals surface area contributed by atoms with Crippen LogP contribution in [0.15, 0.2) is 12.7 Å². The van der Waals surface area contributed by atoms with Crippen molar-refractivity contribution >= 4 is 24.7 Å². The maximum atomic E-state index is 11.0. The zero-order chi connectivity index (χ0) is 13.3. The Labute approximate surface area is 106 Å². The van der Waals surface area contributed by atoms with E-state index in [0.29, 0.717) is 19.4 Å². The highest BCUT2D eigenvalue weighted by molar-refractivity contribution is 7.81. The second-order valence-corrected chi connectivity index (χ2v) is 4.17. The van der Waals surface area contributed by atoms with Crippen molar-refractivity contribution < 1.29 is 19.4 Å². The lowest BCUT2D eigenvalue weighted by Gasteiger charge is -2.13. The standard InChI is InChI=1S/C10H18N2O4S/c1-2-5-16-10(15)12-6-7(17)3-4-8(11)9(13)14/h2,7-8,17H,1,3-6,11H2,(H,12,15)(H,13,14)/t7?,8-/m0/s1. The minimum Gasteiger partial charge on any atom is -0.480 e. The number of carbonyl (C=O) groups is 2. The van der Waals surface area contributed by atoms with Crippen LogP contribution < -0.4 is 11.1 Å². The highest BCUT2D eigenvalue weighted by Crippen LogP contribution is 2.05. The van der Waals surface area contributed by atoms with Gasteiger partial charge in [0.15, 0.2) is 0 Å². The average Bonchev–Trinajstić information content (AvgIpc) is 2.30. The number of carboxylic acids is 1. The minimum absolute atomic E-state index is 0.146. The first-order valence-electron chi connectivity index (χ1n) is 5.15. The largest absolute Gasteiger partial charge is 0.480 e. The Morgan fingerprint density at radius 1 is 1.53 bits per heavy atom. The van der Waals surface area contributed by atoms with Gasteiger partial charge in [-0.1, -0.05) is 12.7 Å². The summed E-state index contributed by atoms with van der Waals surface area (Å²) in [7, 11) is 0. The molecule has 0 heterocycles. The van der Waals surface area contributed by atoms with Crippen LogP contribution >= 0.6 is 12.6 Å². The maximum Gasteiger partial charge on any atom is 0.407 e. The van der Waals surface area contributed by atoms with Crippen LogP contribution in [0.4, 0.5) is 4.79 Å². The summed E-state index contributed by atoms with van der Waals surface area (Å²) in [5.74, 6) is -1.04. The zero-order valence-corrected chi connectivity index (χ0v) is 10.4. The van der Waals surface area contributed by atoms with Crippen LogP contribution in [0.25, 0.3) is 0 Å². The summed E-state index contributed by atoms with van der Waals surface area (Å²) in [5, 5.41) is 10.9. The molecule has 0 rings (SSSR count). The van der Waals surface area contributed by atoms with Crippen molar-refractivity contribution in [3.05, 3.63) is 12.7 Å². The van der Waals surface area contributed by atoms with E-state index in [-0.39, 0.29) is 11.9 Å². The molecule has 1 unspecified atom stereocenters. The van der Waals surface area contributed by atoms with Gasteiger partial charge in [-0.3, -0.25) is 4.79 Å². The van der Waals surface area contributed by atoms with Gasteiger partial charge in [-0.05, 0) is 12.8 Å². The van der Waals surface area contributed by atoms with Crippen LogP contribution in [0.2, 0.25) is 0 Å². The molecule has 17 heavy (non-hydrogen) atoms. The van der Waals surface area contributed by atoms with Crippen molar-refractivity contribution in [2.75, 3.05) is 13.2 Å². The summed E-state index contributed by atoms with van der Waals surface area (Å²) in [6.45, 7) is 3.85. The van der Waals surface area contributed by atoms with Gasteiger partial charge in [0.1, 0.15) is 12.6 Å². The van der Waals surface area contributed by atoms with Gasteiger partial charge in [0.05, 0.1) is 0 Å². The topological polar surface area (TPSA) is 102 Å². The van der Waals surface area contributed by atoms with Crippen LogP contribution in [-0.2, 0) is 9.53 Å². The van der Waals surface area contributed by atoms with Gasteiger partial charge < -0.3 is 20.9 Å². The molecule has 0 spiro atoms. The summed E-state index contributed by atoms with van der Waals surface area (Å²) in [5.41, 5.74) is 5.33. The minimum atomic E-state index is -1.04. The Hall–Kier alpha value is -1.21. The maximum absolute atomic E-state index is 11.0. The predicted molar refractivity (Wildman–Crippen MR) is 67.2 cm³/mol. The molecule has 0 aliphatic carbocycles. The predicted octanol–water partition coefficient (Wildman–Crippen LogP) is 0.389. The molecule has 0 radical (unpaired) electrons. The lowest BCUT2D eigenvalue weighted by molar-refractivity contribution is -0.138. The quantitative estimate of drug-likeness (QED) is 0.374. The fourth-order valence-corrected chi connectivity index (χ4v) is 1.22. The summed E-state index contributed by atoms with van der Waals surface area (Å²) in [4.78, 5) is 21.5. The number of carbonyl (C=O) groups excluding carboxylic acids is 1. The van der Waals surface area contributed by atoms with E-state index in [1.165, 1.54) is 6.08 Å². The number of amides is 1. The number of aliphatic carboxylic acids is 1. The van der Waals surface area contributed by atoms with Gasteiger partial charge in [-0.2, -0.15) is 12.6 Å². The fraction of sp³-hybridized carbons (Fsp3) is 0.600. The van der Waals surface area contributed by atoms with E-state index in [0.717, 1.165) is 0 Å². The third-order valence-corrected chi connectivity index (χ3v) is 2.38. The molecule has 0 fully saturated rings. The van der Waals surface area contributed by atoms with Crippen molar-refractivity contribution in [2.45, 2.75) is 24.1 Å². The Balaban J connectivity index is 3.65. The second-order valence-electron chi connectivity index (χ2n) is 3.44. The van der Waals surface area contributed by atoms with Crippen LogP contribution in [0.1, 0.15) is 12.8 Å². The van der Waals surface area contributed by atoms with E-state index in [2.05, 4.69) is 29.3 Å². The molecule has 0 aliphatic heterocycles. The molecule has 0 aromatic heterocycles. The summed E-state index contributed by atoms with van der Waals surface area (Å²) >= 11 is 4.20. The molecule has 0 saturated carbocycles. The number of ether oxygens (including phenoxy) is 1. The molecule has 0 bridgehead atoms. The van der Waals surface area contributed by atoms with Crippen molar-refractivity contribution in [3.8, 4) is 0 Å². The van der Waals surface area contributed by atoms with Crippen LogP contribution in [-0.4, -0.2) is 41.6 Å². The Morgan fingerprint density at radius 2 is 2.18 bits per heavy atom. The first kappa shape index (κ1) is 15.8. The van der Waals surface area contributed by atoms with E-state index >= 15 is 0 Å². The monoisotopic (exact) mass is 262 g/mol. The van der Waals surface area contributed by atoms with Gasteiger partial charge in [0.25, 0.3) is 0 Å². The van der Waals surface area contributed by atoms with Gasteiger partial charge in [-0.15, -0.1) is 0 Å². The third-order valence-electron chi connectivity index (χ3n) is 1.94. The SMILES string of the molecule is C=CCOC(=O)NCC(S)CC[C@H](N)C(=O)O. The highest BCUT2D eigenvalue weighted by Gasteiger charge is 2.14. The molecule has 2 atom stereocenters. The summed E-state index contributed by atoms with van der Waals surface area (Å²) < 4.78 is 4.68. The highest BCUT2D eigenvalue weighted by atomic mass is 32.1. The molecular weight excluding hydrogens is 244 g/mol. The van der Waals surface area contributed by atoms with Gasteiger partial charge in [0, 0.05) is 11.8 Å². The van der Waals surface area contributed by atoms with E-state index < -0.39 is 18.1 Å². The number of nitrogens with two attached hydrogens (primary N) is 1. The first-order valence-corrected chi connectivity index (χ1v) is 5.67. The van der Waals surface area contributed by atoms with Crippen molar-refractivity contribution in [1.29, 1.82) is 0 Å². The lowest BCUT2D eigenvalue weighted by Crippen LogP contribution is -2.33. The zero-order valence-electron chi connectivity index (χ0n) is 9.46. The van der Waals surface area contributed by atoms with E-state index in [1.807, 2.05) is 0 Å². The summed E-state index contributed by atoms with van der Waals surface area (Å²) in [6.07, 6.45) is 1.72. The smallest absolute Gasteiger partial charge is 0.407 e. The van der Waals surface area contributed by atoms with E-state index in [4.69, 9.17) is 10.8 Å². The first-order chi connectivity index (χ1) is 7.97. The number of alkyl carbamates (subject to hydrolysis) is 1. The molecule has 0 aromatic carbocycles. The molecule has 98 valence electrons. The molecule has 0 aliphatic rings. The van der Waals surface area contributed by atoms with Crippen LogP contribution in [0.5, 0.6) is 0 Å². The lowest BCUT2D eigenvalue weighted by atomic mass is 10.1. The van der Waals surface area contributed by atoms with Gasteiger partial charge in [0.2, 0.25) is 0 Å². The molecule has 4 N–H and O–H groups in total. The summed E-state index contributed by atoms with van der Waals surface area (Å²) in [6, 6.07) is -0.891. The number of rotatable bonds is 8. The van der Waals surface area contributed by atoms with E-state index in [9.17, 15) is 9.59 Å². The van der Waals surface area contributed by atoms with E-state index in [1.54, 1.807) is 0 Å². The van der Waals surface area contributed by atoms with Crippen LogP contribution in [0, 0.1) is 0 Å². The fourth-order valence-electron chi connectivity index (χ4n) is 0.984. The number of hydrogen-bond donors (Lipinski definition) is 4. The molecular formula is C10H18N2O4S. The van der Waals surface area contributed by atoms with Crippen molar-refractivity contribution in [2.24, 2.45) is 5.73 Å². The number of hydrogen-bond acceptors (Lipinski definition) is 5. The number of thiol groups is 1. The normalized spacial score (nSPS) is 13.5. The molecule has 6 nitrogen and oxygen atoms in total. The Kier molecular flexibility index (Phi) is 8.25. The van der Waals surface area contributed by atoms with Gasteiger partial charge in [-0.25, -0.2) is 4.79 Å². The molecule has 0 aromatic rings. The molecule has 7 heteroatoms. The number of nitrogens with one attached hydrogen (secondary N) is 1. The van der Waals surface area contributed by atoms with Crippen LogP contribution in [0.3, 0.4) is 0 Å². The molecule has 1 amide bonds. The van der Waals surface area contributed by atoms with Crippen molar-refractivity contribution in [1.82, 2.24) is 5.32 Å². The second kappa shape index (κ2) is 8.89. The number of carboxylic acid groups (broad SMARTS) is 1. The average molecular weight is 262 g/mol. The Morgan fingerprint density at radius 3 is 2.71 bits per heavy atom. The van der Waals surface area contributed by atoms with Gasteiger partial charge >= 0.3 is 12.1 Å².